The highest BCUT2D eigenvalue weighted by atomic mass is 16.2. The Labute approximate surface area is 165 Å². The molecule has 0 bridgehead atoms. The summed E-state index contributed by atoms with van der Waals surface area (Å²) in [4.78, 5) is 52.7. The largest absolute Gasteiger partial charge is 0.293 e. The molecular formula is C23H14N2O4. The van der Waals surface area contributed by atoms with E-state index in [9.17, 15) is 19.2 Å². The highest BCUT2D eigenvalue weighted by Gasteiger charge is 2.53. The number of ketones is 4. The molecule has 2 aliphatic rings. The molecule has 0 saturated heterocycles. The van der Waals surface area contributed by atoms with Crippen LogP contribution in [0.25, 0.3) is 0 Å². The summed E-state index contributed by atoms with van der Waals surface area (Å²) in [6.07, 6.45) is 1.46. The number of carbonyl (C=O) groups excluding carboxylic acids is 4. The molecule has 0 N–H and O–H groups in total. The van der Waals surface area contributed by atoms with Crippen molar-refractivity contribution in [2.45, 2.75) is 5.92 Å². The zero-order valence-corrected chi connectivity index (χ0v) is 15.1. The van der Waals surface area contributed by atoms with Gasteiger partial charge in [0.1, 0.15) is 0 Å². The van der Waals surface area contributed by atoms with Crippen LogP contribution >= 0.6 is 0 Å². The first-order valence-corrected chi connectivity index (χ1v) is 9.22. The van der Waals surface area contributed by atoms with Crippen molar-refractivity contribution in [1.82, 2.24) is 10.2 Å². The van der Waals surface area contributed by atoms with Gasteiger partial charge < -0.3 is 0 Å². The van der Waals surface area contributed by atoms with Crippen molar-refractivity contribution in [2.24, 2.45) is 11.8 Å². The number of Topliss-reactive ketones (excluding diaryl/α,β-unsaturated/α-hetero) is 4. The molecule has 0 aliphatic heterocycles. The van der Waals surface area contributed by atoms with Crippen LogP contribution in [0, 0.1) is 11.8 Å². The van der Waals surface area contributed by atoms with Gasteiger partial charge in [-0.15, -0.1) is 0 Å². The molecule has 0 amide bonds. The highest BCUT2D eigenvalue weighted by molar-refractivity contribution is 6.30. The number of benzene rings is 2. The summed E-state index contributed by atoms with van der Waals surface area (Å²) in [6.45, 7) is 0. The number of rotatable bonds is 3. The van der Waals surface area contributed by atoms with Crippen molar-refractivity contribution in [3.63, 3.8) is 0 Å². The minimum atomic E-state index is -1.18. The van der Waals surface area contributed by atoms with E-state index in [4.69, 9.17) is 0 Å². The lowest BCUT2D eigenvalue weighted by atomic mass is 9.74. The van der Waals surface area contributed by atoms with E-state index < -0.39 is 40.9 Å². The highest BCUT2D eigenvalue weighted by Crippen LogP contribution is 2.44. The van der Waals surface area contributed by atoms with Gasteiger partial charge in [-0.25, -0.2) is 0 Å². The summed E-state index contributed by atoms with van der Waals surface area (Å²) in [5.41, 5.74) is 1.53. The van der Waals surface area contributed by atoms with Crippen LogP contribution < -0.4 is 0 Å². The van der Waals surface area contributed by atoms with Crippen LogP contribution in [-0.4, -0.2) is 33.3 Å². The Kier molecular flexibility index (Phi) is 3.81. The number of carbonyl (C=O) groups is 4. The van der Waals surface area contributed by atoms with Crippen molar-refractivity contribution in [1.29, 1.82) is 0 Å². The standard InChI is InChI=1S/C23H14N2O4/c26-20-12-6-1-2-7-13(12)21(27)18(20)17(16-10-5-11-24-25-16)19-22(28)14-8-3-4-9-15(14)23(19)29/h1-11,17-19H. The molecule has 29 heavy (non-hydrogen) atoms. The lowest BCUT2D eigenvalue weighted by molar-refractivity contribution is 0.0725. The molecule has 2 aromatic carbocycles. The fourth-order valence-corrected chi connectivity index (χ4v) is 4.41. The lowest BCUT2D eigenvalue weighted by Crippen LogP contribution is -2.35. The summed E-state index contributed by atoms with van der Waals surface area (Å²) in [5, 5.41) is 7.92. The average Bonchev–Trinajstić information content (AvgIpc) is 3.16. The van der Waals surface area contributed by atoms with Crippen molar-refractivity contribution in [3.8, 4) is 0 Å². The molecule has 140 valence electrons. The fraction of sp³-hybridized carbons (Fsp3) is 0.130. The third-order valence-electron chi connectivity index (χ3n) is 5.70. The molecule has 1 heterocycles. The number of aromatic nitrogens is 2. The monoisotopic (exact) mass is 382 g/mol. The molecule has 0 atom stereocenters. The van der Waals surface area contributed by atoms with Gasteiger partial charge in [0.2, 0.25) is 0 Å². The summed E-state index contributed by atoms with van der Waals surface area (Å²) < 4.78 is 0. The first-order chi connectivity index (χ1) is 14.1. The molecular weight excluding hydrogens is 368 g/mol. The van der Waals surface area contributed by atoms with E-state index in [1.54, 1.807) is 60.7 Å². The first kappa shape index (κ1) is 17.3. The maximum absolute atomic E-state index is 13.2. The van der Waals surface area contributed by atoms with Gasteiger partial charge in [-0.2, -0.15) is 10.2 Å². The van der Waals surface area contributed by atoms with Gasteiger partial charge in [-0.1, -0.05) is 48.5 Å². The third kappa shape index (κ3) is 2.42. The van der Waals surface area contributed by atoms with E-state index in [0.29, 0.717) is 22.3 Å². The Morgan fingerprint density at radius 3 is 1.34 bits per heavy atom. The van der Waals surface area contributed by atoms with Crippen molar-refractivity contribution >= 4 is 23.1 Å². The summed E-state index contributed by atoms with van der Waals surface area (Å²) >= 11 is 0. The zero-order chi connectivity index (χ0) is 20.1. The van der Waals surface area contributed by atoms with Crippen LogP contribution in [0.4, 0.5) is 0 Å². The summed E-state index contributed by atoms with van der Waals surface area (Å²) in [5.74, 6) is -4.94. The second-order valence-corrected chi connectivity index (χ2v) is 7.18. The zero-order valence-electron chi connectivity index (χ0n) is 15.1. The Morgan fingerprint density at radius 2 is 1.00 bits per heavy atom. The van der Waals surface area contributed by atoms with Crippen LogP contribution in [0.3, 0.4) is 0 Å². The fourth-order valence-electron chi connectivity index (χ4n) is 4.41. The molecule has 0 fully saturated rings. The second kappa shape index (κ2) is 6.38. The van der Waals surface area contributed by atoms with E-state index in [1.807, 2.05) is 0 Å². The molecule has 0 spiro atoms. The van der Waals surface area contributed by atoms with Gasteiger partial charge in [0.05, 0.1) is 17.5 Å². The van der Waals surface area contributed by atoms with Gasteiger partial charge in [-0.05, 0) is 12.1 Å². The van der Waals surface area contributed by atoms with E-state index in [2.05, 4.69) is 10.2 Å². The van der Waals surface area contributed by atoms with Gasteiger partial charge in [-0.3, -0.25) is 19.2 Å². The van der Waals surface area contributed by atoms with Crippen molar-refractivity contribution in [2.75, 3.05) is 0 Å². The van der Waals surface area contributed by atoms with Gasteiger partial charge >= 0.3 is 0 Å². The maximum Gasteiger partial charge on any atom is 0.175 e. The summed E-state index contributed by atoms with van der Waals surface area (Å²) in [6, 6.07) is 16.3. The minimum Gasteiger partial charge on any atom is -0.293 e. The molecule has 2 aliphatic carbocycles. The van der Waals surface area contributed by atoms with Gasteiger partial charge in [0.25, 0.3) is 0 Å². The molecule has 0 saturated carbocycles. The van der Waals surface area contributed by atoms with E-state index in [-0.39, 0.29) is 5.69 Å². The van der Waals surface area contributed by atoms with Crippen LogP contribution in [0.2, 0.25) is 0 Å². The average molecular weight is 382 g/mol. The molecule has 3 aromatic rings. The molecule has 6 heteroatoms. The SMILES string of the molecule is O=C1c2ccccc2C(=O)C1C(c1cccnn1)C1C(=O)c2ccccc2C1=O. The summed E-state index contributed by atoms with van der Waals surface area (Å²) in [7, 11) is 0. The molecule has 1 aromatic heterocycles. The Balaban J connectivity index is 1.68. The van der Waals surface area contributed by atoms with Crippen LogP contribution in [0.15, 0.2) is 66.9 Å². The van der Waals surface area contributed by atoms with Gasteiger partial charge in [0.15, 0.2) is 23.1 Å². The quantitative estimate of drug-likeness (QED) is 0.647. The van der Waals surface area contributed by atoms with Crippen LogP contribution in [0.5, 0.6) is 0 Å². The predicted octanol–water partition coefficient (Wildman–Crippen LogP) is 2.95. The number of nitrogens with zero attached hydrogens (tertiary/aromatic N) is 2. The number of hydrogen-bond donors (Lipinski definition) is 0. The number of hydrogen-bond acceptors (Lipinski definition) is 6. The minimum absolute atomic E-state index is 0.284. The topological polar surface area (TPSA) is 94.1 Å². The lowest BCUT2D eigenvalue weighted by Gasteiger charge is -2.24. The second-order valence-electron chi connectivity index (χ2n) is 7.18. The van der Waals surface area contributed by atoms with E-state index in [0.717, 1.165) is 0 Å². The van der Waals surface area contributed by atoms with Crippen molar-refractivity contribution < 1.29 is 19.2 Å². The van der Waals surface area contributed by atoms with E-state index in [1.165, 1.54) is 6.20 Å². The Bertz CT molecular complexity index is 1060. The smallest absolute Gasteiger partial charge is 0.175 e. The number of fused-ring (bicyclic) bond motifs is 2. The Hall–Kier alpha value is -3.80. The van der Waals surface area contributed by atoms with Gasteiger partial charge in [0, 0.05) is 34.4 Å². The first-order valence-electron chi connectivity index (χ1n) is 9.22. The molecule has 0 unspecified atom stereocenters. The molecule has 5 rings (SSSR count). The molecule has 0 radical (unpaired) electrons. The normalized spacial score (nSPS) is 16.6. The maximum atomic E-state index is 13.2. The third-order valence-corrected chi connectivity index (χ3v) is 5.70. The van der Waals surface area contributed by atoms with Crippen LogP contribution in [-0.2, 0) is 0 Å². The Morgan fingerprint density at radius 1 is 0.586 bits per heavy atom. The van der Waals surface area contributed by atoms with Crippen molar-refractivity contribution in [3.05, 3.63) is 94.8 Å². The van der Waals surface area contributed by atoms with Crippen LogP contribution in [0.1, 0.15) is 53.0 Å². The van der Waals surface area contributed by atoms with E-state index >= 15 is 0 Å². The molecule has 6 nitrogen and oxygen atoms in total. The predicted molar refractivity (Wildman–Crippen MR) is 102 cm³/mol.